The summed E-state index contributed by atoms with van der Waals surface area (Å²) < 4.78 is 1.96. The molecule has 174 valence electrons. The summed E-state index contributed by atoms with van der Waals surface area (Å²) in [6, 6.07) is 14.9. The van der Waals surface area contributed by atoms with E-state index < -0.39 is 0 Å². The number of nitrogens with zero attached hydrogens (tertiary/aromatic N) is 3. The third kappa shape index (κ3) is 6.44. The maximum absolute atomic E-state index is 12.9. The van der Waals surface area contributed by atoms with E-state index >= 15 is 0 Å². The van der Waals surface area contributed by atoms with Gasteiger partial charge in [-0.3, -0.25) is 9.59 Å². The molecule has 0 saturated carbocycles. The van der Waals surface area contributed by atoms with Crippen molar-refractivity contribution in [3.05, 3.63) is 71.0 Å². The molecule has 3 aromatic rings. The van der Waals surface area contributed by atoms with Gasteiger partial charge in [-0.05, 0) is 51.0 Å². The zero-order chi connectivity index (χ0) is 24.0. The number of carbonyl (C=O) groups is 2. The molecule has 1 atom stereocenters. The Hall–Kier alpha value is -3.13. The smallest absolute Gasteiger partial charge is 0.251 e. The minimum atomic E-state index is -0.304. The number of hydrogen-bond acceptors (Lipinski definition) is 5. The fraction of sp³-hybridized carbons (Fsp3) is 0.360. The van der Waals surface area contributed by atoms with Crippen LogP contribution in [0.1, 0.15) is 54.1 Å². The van der Waals surface area contributed by atoms with Crippen LogP contribution < -0.4 is 10.6 Å². The molecule has 1 heterocycles. The molecule has 1 aromatic heterocycles. The zero-order valence-electron chi connectivity index (χ0n) is 19.8. The second-order valence-electron chi connectivity index (χ2n) is 8.35. The number of aryl methyl sites for hydroxylation is 2. The van der Waals surface area contributed by atoms with Crippen LogP contribution in [0.25, 0.3) is 0 Å². The highest BCUT2D eigenvalue weighted by molar-refractivity contribution is 7.99. The van der Waals surface area contributed by atoms with E-state index in [1.807, 2.05) is 81.7 Å². The summed E-state index contributed by atoms with van der Waals surface area (Å²) in [4.78, 5) is 25.3. The molecule has 2 aromatic carbocycles. The molecule has 7 nitrogen and oxygen atoms in total. The first-order chi connectivity index (χ1) is 15.8. The Morgan fingerprint density at radius 1 is 1.03 bits per heavy atom. The van der Waals surface area contributed by atoms with E-state index in [-0.39, 0.29) is 29.5 Å². The van der Waals surface area contributed by atoms with Crippen molar-refractivity contribution >= 4 is 29.3 Å². The summed E-state index contributed by atoms with van der Waals surface area (Å²) >= 11 is 1.33. The van der Waals surface area contributed by atoms with Crippen LogP contribution in [0, 0.1) is 19.8 Å². The Kier molecular flexibility index (Phi) is 8.27. The molecule has 33 heavy (non-hydrogen) atoms. The van der Waals surface area contributed by atoms with Crippen LogP contribution >= 0.6 is 11.8 Å². The number of anilines is 1. The molecule has 2 N–H and O–H groups in total. The van der Waals surface area contributed by atoms with Crippen LogP contribution in [0.3, 0.4) is 0 Å². The highest BCUT2D eigenvalue weighted by Crippen LogP contribution is 2.26. The topological polar surface area (TPSA) is 88.9 Å². The van der Waals surface area contributed by atoms with E-state index in [1.165, 1.54) is 11.8 Å². The molecule has 0 aliphatic rings. The Morgan fingerprint density at radius 3 is 2.39 bits per heavy atom. The fourth-order valence-electron chi connectivity index (χ4n) is 3.44. The highest BCUT2D eigenvalue weighted by atomic mass is 32.2. The predicted octanol–water partition coefficient (Wildman–Crippen LogP) is 4.77. The monoisotopic (exact) mass is 465 g/mol. The van der Waals surface area contributed by atoms with Crippen molar-refractivity contribution in [3.8, 4) is 0 Å². The van der Waals surface area contributed by atoms with Crippen molar-refractivity contribution in [1.82, 2.24) is 20.1 Å². The predicted molar refractivity (Wildman–Crippen MR) is 132 cm³/mol. The summed E-state index contributed by atoms with van der Waals surface area (Å²) in [5.74, 6) is 0.762. The first-order valence-corrected chi connectivity index (χ1v) is 12.1. The molecule has 0 radical (unpaired) electrons. The lowest BCUT2D eigenvalue weighted by Gasteiger charge is -2.22. The van der Waals surface area contributed by atoms with Gasteiger partial charge in [0.05, 0.1) is 11.8 Å². The van der Waals surface area contributed by atoms with Gasteiger partial charge in [-0.2, -0.15) is 0 Å². The van der Waals surface area contributed by atoms with Crippen molar-refractivity contribution in [1.29, 1.82) is 0 Å². The van der Waals surface area contributed by atoms with Crippen molar-refractivity contribution < 1.29 is 9.59 Å². The Bertz CT molecular complexity index is 1110. The number of nitrogens with one attached hydrogen (secondary N) is 2. The Morgan fingerprint density at radius 2 is 1.76 bits per heavy atom. The van der Waals surface area contributed by atoms with Crippen LogP contribution in [0.2, 0.25) is 0 Å². The van der Waals surface area contributed by atoms with Gasteiger partial charge in [0, 0.05) is 17.8 Å². The van der Waals surface area contributed by atoms with E-state index in [4.69, 9.17) is 0 Å². The molecule has 0 fully saturated rings. The average molecular weight is 466 g/mol. The standard InChI is InChI=1S/C25H31N5O2S/c1-6-30-23(22(16(2)3)27-24(32)19-9-7-8-18(5)14-19)28-29-25(30)33-15-21(31)26-20-12-10-17(4)11-13-20/h7-14,16,22H,6,15H2,1-5H3,(H,26,31)(H,27,32)/t22-/m0/s1. The second-order valence-corrected chi connectivity index (χ2v) is 9.30. The van der Waals surface area contributed by atoms with Crippen LogP contribution in [-0.4, -0.2) is 32.3 Å². The van der Waals surface area contributed by atoms with Crippen molar-refractivity contribution in [2.45, 2.75) is 52.4 Å². The Labute approximate surface area is 199 Å². The van der Waals surface area contributed by atoms with E-state index in [0.29, 0.717) is 23.1 Å². The van der Waals surface area contributed by atoms with E-state index in [9.17, 15) is 9.59 Å². The first kappa shape index (κ1) is 24.5. The minimum Gasteiger partial charge on any atom is -0.342 e. The maximum Gasteiger partial charge on any atom is 0.251 e. The Balaban J connectivity index is 1.70. The van der Waals surface area contributed by atoms with Crippen molar-refractivity contribution in [3.63, 3.8) is 0 Å². The summed E-state index contributed by atoms with van der Waals surface area (Å²) in [6.45, 7) is 10.7. The van der Waals surface area contributed by atoms with Gasteiger partial charge in [0.1, 0.15) is 0 Å². The van der Waals surface area contributed by atoms with Gasteiger partial charge in [0.15, 0.2) is 11.0 Å². The van der Waals surface area contributed by atoms with E-state index in [1.54, 1.807) is 6.07 Å². The van der Waals surface area contributed by atoms with Crippen LogP contribution in [0.4, 0.5) is 5.69 Å². The number of rotatable bonds is 9. The number of amides is 2. The largest absolute Gasteiger partial charge is 0.342 e. The SMILES string of the molecule is CCn1c(SCC(=O)Nc2ccc(C)cc2)nnc1[C@@H](NC(=O)c1cccc(C)c1)C(C)C. The average Bonchev–Trinajstić information content (AvgIpc) is 3.19. The molecule has 0 spiro atoms. The van der Waals surface area contributed by atoms with Gasteiger partial charge >= 0.3 is 0 Å². The maximum atomic E-state index is 12.9. The molecule has 8 heteroatoms. The third-order valence-electron chi connectivity index (χ3n) is 5.24. The van der Waals surface area contributed by atoms with Gasteiger partial charge in [-0.15, -0.1) is 10.2 Å². The van der Waals surface area contributed by atoms with Crippen molar-refractivity contribution in [2.75, 3.05) is 11.1 Å². The second kappa shape index (κ2) is 11.1. The molecule has 0 aliphatic heterocycles. The fourth-order valence-corrected chi connectivity index (χ4v) is 4.25. The zero-order valence-corrected chi connectivity index (χ0v) is 20.6. The van der Waals surface area contributed by atoms with Crippen molar-refractivity contribution in [2.24, 2.45) is 5.92 Å². The van der Waals surface area contributed by atoms with Crippen LogP contribution in [0.5, 0.6) is 0 Å². The summed E-state index contributed by atoms with van der Waals surface area (Å²) in [7, 11) is 0. The van der Waals surface area contributed by atoms with Gasteiger partial charge in [0.25, 0.3) is 5.91 Å². The first-order valence-electron chi connectivity index (χ1n) is 11.1. The van der Waals surface area contributed by atoms with Gasteiger partial charge in [-0.25, -0.2) is 0 Å². The number of thioether (sulfide) groups is 1. The molecular formula is C25H31N5O2S. The number of hydrogen-bond donors (Lipinski definition) is 2. The van der Waals surface area contributed by atoms with Crippen LogP contribution in [-0.2, 0) is 11.3 Å². The third-order valence-corrected chi connectivity index (χ3v) is 6.21. The quantitative estimate of drug-likeness (QED) is 0.444. The molecule has 0 unspecified atom stereocenters. The molecule has 0 bridgehead atoms. The van der Waals surface area contributed by atoms with E-state index in [2.05, 4.69) is 20.8 Å². The molecule has 0 saturated heterocycles. The number of carbonyl (C=O) groups excluding carboxylic acids is 2. The molecule has 2 amide bonds. The number of benzene rings is 2. The van der Waals surface area contributed by atoms with Gasteiger partial charge in [0.2, 0.25) is 5.91 Å². The highest BCUT2D eigenvalue weighted by Gasteiger charge is 2.26. The molecule has 3 rings (SSSR count). The van der Waals surface area contributed by atoms with Crippen LogP contribution in [0.15, 0.2) is 53.7 Å². The summed E-state index contributed by atoms with van der Waals surface area (Å²) in [5.41, 5.74) is 3.55. The normalized spacial score (nSPS) is 11.9. The molecular weight excluding hydrogens is 434 g/mol. The van der Waals surface area contributed by atoms with E-state index in [0.717, 1.165) is 16.8 Å². The molecule has 0 aliphatic carbocycles. The summed E-state index contributed by atoms with van der Waals surface area (Å²) in [6.07, 6.45) is 0. The lowest BCUT2D eigenvalue weighted by Crippen LogP contribution is -2.33. The van der Waals surface area contributed by atoms with Gasteiger partial charge in [-0.1, -0.05) is 61.0 Å². The van der Waals surface area contributed by atoms with Gasteiger partial charge < -0.3 is 15.2 Å². The lowest BCUT2D eigenvalue weighted by atomic mass is 10.0. The number of aromatic nitrogens is 3. The minimum absolute atomic E-state index is 0.107. The lowest BCUT2D eigenvalue weighted by molar-refractivity contribution is -0.113. The summed E-state index contributed by atoms with van der Waals surface area (Å²) in [5, 5.41) is 15.4.